The molecule has 19 heavy (non-hydrogen) atoms. The zero-order chi connectivity index (χ0) is 12.7. The molecule has 2 heterocycles. The van der Waals surface area contributed by atoms with E-state index < -0.39 is 0 Å². The van der Waals surface area contributed by atoms with Crippen LogP contribution in [0.15, 0.2) is 66.9 Å². The van der Waals surface area contributed by atoms with E-state index in [1.165, 1.54) is 16.5 Å². The molecule has 2 nitrogen and oxygen atoms in total. The highest BCUT2D eigenvalue weighted by Crippen LogP contribution is 2.28. The summed E-state index contributed by atoms with van der Waals surface area (Å²) in [4.78, 5) is 7.87. The molecule has 0 fully saturated rings. The van der Waals surface area contributed by atoms with Crippen molar-refractivity contribution in [2.45, 2.75) is 0 Å². The lowest BCUT2D eigenvalue weighted by Crippen LogP contribution is -1.77. The second-order valence-electron chi connectivity index (χ2n) is 4.65. The lowest BCUT2D eigenvalue weighted by molar-refractivity contribution is 1.42. The van der Waals surface area contributed by atoms with Crippen LogP contribution in [0.4, 0.5) is 0 Å². The van der Waals surface area contributed by atoms with Crippen molar-refractivity contribution >= 4 is 21.9 Å². The number of H-pyrrole nitrogens is 1. The van der Waals surface area contributed by atoms with Gasteiger partial charge >= 0.3 is 0 Å². The molecule has 0 aliphatic carbocycles. The summed E-state index contributed by atoms with van der Waals surface area (Å²) in [5, 5.41) is 1.18. The number of hydrogen-bond donors (Lipinski definition) is 1. The molecule has 0 radical (unpaired) electrons. The van der Waals surface area contributed by atoms with Gasteiger partial charge < -0.3 is 4.98 Å². The van der Waals surface area contributed by atoms with Crippen LogP contribution in [0.3, 0.4) is 0 Å². The van der Waals surface area contributed by atoms with Gasteiger partial charge in [0.15, 0.2) is 0 Å². The molecule has 90 valence electrons. The van der Waals surface area contributed by atoms with Crippen molar-refractivity contribution in [2.75, 3.05) is 0 Å². The SMILES string of the molecule is c1ccc(-c2ccc3[nH]c4cccnc4c3c2)cc1. The van der Waals surface area contributed by atoms with Crippen molar-refractivity contribution in [3.63, 3.8) is 0 Å². The van der Waals surface area contributed by atoms with Crippen LogP contribution in [0, 0.1) is 0 Å². The molecule has 2 aromatic carbocycles. The standard InChI is InChI=1S/C17H12N2/c1-2-5-12(6-3-1)13-8-9-15-14(11-13)17-16(19-15)7-4-10-18-17/h1-11,19H. The zero-order valence-corrected chi connectivity index (χ0v) is 10.3. The lowest BCUT2D eigenvalue weighted by Gasteiger charge is -2.01. The Bertz CT molecular complexity index is 860. The molecular formula is C17H12N2. The Kier molecular flexibility index (Phi) is 2.15. The van der Waals surface area contributed by atoms with E-state index in [9.17, 15) is 0 Å². The average molecular weight is 244 g/mol. The number of nitrogens with zero attached hydrogens (tertiary/aromatic N) is 1. The van der Waals surface area contributed by atoms with Crippen molar-refractivity contribution < 1.29 is 0 Å². The normalized spacial score (nSPS) is 11.2. The maximum Gasteiger partial charge on any atom is 0.0957 e. The first kappa shape index (κ1) is 10.3. The topological polar surface area (TPSA) is 28.7 Å². The average Bonchev–Trinajstić information content (AvgIpc) is 2.86. The quantitative estimate of drug-likeness (QED) is 0.528. The smallest absolute Gasteiger partial charge is 0.0957 e. The molecule has 0 saturated heterocycles. The fraction of sp³-hybridized carbons (Fsp3) is 0. The molecule has 0 unspecified atom stereocenters. The van der Waals surface area contributed by atoms with Crippen molar-refractivity contribution in [2.24, 2.45) is 0 Å². The van der Waals surface area contributed by atoms with Crippen molar-refractivity contribution in [3.8, 4) is 11.1 Å². The fourth-order valence-electron chi connectivity index (χ4n) is 2.53. The minimum atomic E-state index is 1.04. The zero-order valence-electron chi connectivity index (χ0n) is 10.3. The van der Waals surface area contributed by atoms with Gasteiger partial charge in [-0.3, -0.25) is 4.98 Å². The molecule has 2 heteroatoms. The molecule has 0 amide bonds. The first-order chi connectivity index (χ1) is 9.42. The van der Waals surface area contributed by atoms with E-state index in [2.05, 4.69) is 58.5 Å². The van der Waals surface area contributed by atoms with Crippen LogP contribution in [0.5, 0.6) is 0 Å². The number of rotatable bonds is 1. The maximum atomic E-state index is 4.47. The summed E-state index contributed by atoms with van der Waals surface area (Å²) in [6.07, 6.45) is 1.84. The van der Waals surface area contributed by atoms with E-state index >= 15 is 0 Å². The van der Waals surface area contributed by atoms with Gasteiger partial charge in [0.05, 0.1) is 11.0 Å². The van der Waals surface area contributed by atoms with Crippen LogP contribution in [-0.2, 0) is 0 Å². The first-order valence-corrected chi connectivity index (χ1v) is 6.34. The third-order valence-electron chi connectivity index (χ3n) is 3.46. The van der Waals surface area contributed by atoms with E-state index in [4.69, 9.17) is 0 Å². The van der Waals surface area contributed by atoms with Crippen LogP contribution < -0.4 is 0 Å². The van der Waals surface area contributed by atoms with E-state index in [0.29, 0.717) is 0 Å². The highest BCUT2D eigenvalue weighted by molar-refractivity contribution is 6.06. The number of hydrogen-bond acceptors (Lipinski definition) is 1. The molecule has 4 aromatic rings. The van der Waals surface area contributed by atoms with Crippen molar-refractivity contribution in [3.05, 3.63) is 66.9 Å². The van der Waals surface area contributed by atoms with Gasteiger partial charge in [0, 0.05) is 17.1 Å². The van der Waals surface area contributed by atoms with Crippen LogP contribution in [0.1, 0.15) is 0 Å². The highest BCUT2D eigenvalue weighted by atomic mass is 14.8. The summed E-state index contributed by atoms with van der Waals surface area (Å²) in [7, 11) is 0. The molecule has 0 saturated carbocycles. The maximum absolute atomic E-state index is 4.47. The number of benzene rings is 2. The number of nitrogens with one attached hydrogen (secondary N) is 1. The summed E-state index contributed by atoms with van der Waals surface area (Å²) in [6, 6.07) is 20.9. The van der Waals surface area contributed by atoms with Crippen molar-refractivity contribution in [1.29, 1.82) is 0 Å². The number of aromatic amines is 1. The summed E-state index contributed by atoms with van der Waals surface area (Å²) in [5.74, 6) is 0. The number of pyridine rings is 1. The van der Waals surface area contributed by atoms with Crippen LogP contribution in [-0.4, -0.2) is 9.97 Å². The molecule has 0 aliphatic rings. The third-order valence-corrected chi connectivity index (χ3v) is 3.46. The van der Waals surface area contributed by atoms with Gasteiger partial charge in [-0.1, -0.05) is 36.4 Å². The van der Waals surface area contributed by atoms with Gasteiger partial charge in [-0.2, -0.15) is 0 Å². The lowest BCUT2D eigenvalue weighted by atomic mass is 10.0. The monoisotopic (exact) mass is 244 g/mol. The first-order valence-electron chi connectivity index (χ1n) is 6.34. The summed E-state index contributed by atoms with van der Waals surface area (Å²) >= 11 is 0. The second kappa shape index (κ2) is 3.95. The van der Waals surface area contributed by atoms with Gasteiger partial charge in [0.2, 0.25) is 0 Å². The van der Waals surface area contributed by atoms with E-state index in [0.717, 1.165) is 16.6 Å². The van der Waals surface area contributed by atoms with Gasteiger partial charge in [-0.05, 0) is 35.4 Å². The minimum Gasteiger partial charge on any atom is -0.353 e. The van der Waals surface area contributed by atoms with E-state index in [1.807, 2.05) is 18.3 Å². The van der Waals surface area contributed by atoms with E-state index in [-0.39, 0.29) is 0 Å². The highest BCUT2D eigenvalue weighted by Gasteiger charge is 2.06. The Morgan fingerprint density at radius 1 is 0.737 bits per heavy atom. The molecule has 4 rings (SSSR count). The van der Waals surface area contributed by atoms with E-state index in [1.54, 1.807) is 0 Å². The number of fused-ring (bicyclic) bond motifs is 3. The van der Waals surface area contributed by atoms with Gasteiger partial charge in [0.1, 0.15) is 0 Å². The Morgan fingerprint density at radius 3 is 2.53 bits per heavy atom. The van der Waals surface area contributed by atoms with Crippen LogP contribution >= 0.6 is 0 Å². The fourth-order valence-corrected chi connectivity index (χ4v) is 2.53. The van der Waals surface area contributed by atoms with Gasteiger partial charge in [0.25, 0.3) is 0 Å². The summed E-state index contributed by atoms with van der Waals surface area (Å²) < 4.78 is 0. The Hall–Kier alpha value is -2.61. The van der Waals surface area contributed by atoms with Gasteiger partial charge in [-0.15, -0.1) is 0 Å². The van der Waals surface area contributed by atoms with Gasteiger partial charge in [-0.25, -0.2) is 0 Å². The summed E-state index contributed by atoms with van der Waals surface area (Å²) in [5.41, 5.74) is 5.71. The Balaban J connectivity index is 2.03. The largest absolute Gasteiger partial charge is 0.353 e. The molecule has 0 spiro atoms. The van der Waals surface area contributed by atoms with Crippen LogP contribution in [0.25, 0.3) is 33.1 Å². The molecule has 0 atom stereocenters. The molecule has 0 bridgehead atoms. The Labute approximate surface area is 110 Å². The van der Waals surface area contributed by atoms with Crippen LogP contribution in [0.2, 0.25) is 0 Å². The second-order valence-corrected chi connectivity index (χ2v) is 4.65. The molecular weight excluding hydrogens is 232 g/mol. The minimum absolute atomic E-state index is 1.04. The number of aromatic nitrogens is 2. The molecule has 2 aromatic heterocycles. The summed E-state index contributed by atoms with van der Waals surface area (Å²) in [6.45, 7) is 0. The molecule has 1 N–H and O–H groups in total. The predicted octanol–water partition coefficient (Wildman–Crippen LogP) is 4.38. The third kappa shape index (κ3) is 1.61. The molecule has 0 aliphatic heterocycles. The van der Waals surface area contributed by atoms with Crippen molar-refractivity contribution in [1.82, 2.24) is 9.97 Å². The predicted molar refractivity (Wildman–Crippen MR) is 79.0 cm³/mol. The Morgan fingerprint density at radius 2 is 1.63 bits per heavy atom.